The molecule has 2 aliphatic carbocycles. The second kappa shape index (κ2) is 6.02. The number of amides is 1. The number of carbonyl (C=O) groups is 1. The second-order valence-electron chi connectivity index (χ2n) is 7.16. The van der Waals surface area contributed by atoms with Crippen LogP contribution in [0.4, 0.5) is 0 Å². The zero-order valence-electron chi connectivity index (χ0n) is 12.8. The number of hydrogen-bond acceptors (Lipinski definition) is 3. The smallest absolute Gasteiger partial charge is 0.236 e. The first-order chi connectivity index (χ1) is 9.65. The molecular formula is C16H29N3O. The quantitative estimate of drug-likeness (QED) is 0.850. The molecule has 0 spiro atoms. The van der Waals surface area contributed by atoms with E-state index in [9.17, 15) is 4.79 Å². The summed E-state index contributed by atoms with van der Waals surface area (Å²) in [4.78, 5) is 16.8. The summed E-state index contributed by atoms with van der Waals surface area (Å²) in [5.41, 5.74) is 6.17. The first-order valence-corrected chi connectivity index (χ1v) is 8.38. The van der Waals surface area contributed by atoms with Crippen LogP contribution in [0.5, 0.6) is 0 Å². The van der Waals surface area contributed by atoms with Gasteiger partial charge in [-0.15, -0.1) is 0 Å². The molecule has 0 aromatic heterocycles. The van der Waals surface area contributed by atoms with Crippen molar-refractivity contribution in [3.05, 3.63) is 0 Å². The lowest BCUT2D eigenvalue weighted by Crippen LogP contribution is -2.44. The monoisotopic (exact) mass is 279 g/mol. The van der Waals surface area contributed by atoms with Crippen molar-refractivity contribution >= 4 is 5.91 Å². The highest BCUT2D eigenvalue weighted by Crippen LogP contribution is 2.37. The molecule has 0 aromatic rings. The van der Waals surface area contributed by atoms with Gasteiger partial charge in [0.15, 0.2) is 0 Å². The van der Waals surface area contributed by atoms with Gasteiger partial charge in [0.05, 0.1) is 6.54 Å². The molecule has 3 fully saturated rings. The molecule has 0 bridgehead atoms. The molecule has 1 saturated heterocycles. The molecule has 3 rings (SSSR count). The number of likely N-dealkylation sites (tertiary alicyclic amines) is 1. The highest BCUT2D eigenvalue weighted by Gasteiger charge is 2.41. The number of fused-ring (bicyclic) bond motifs is 1. The van der Waals surface area contributed by atoms with Crippen LogP contribution in [0.3, 0.4) is 0 Å². The summed E-state index contributed by atoms with van der Waals surface area (Å²) in [6.45, 7) is 2.73. The van der Waals surface area contributed by atoms with Gasteiger partial charge in [-0.2, -0.15) is 0 Å². The van der Waals surface area contributed by atoms with E-state index in [-0.39, 0.29) is 0 Å². The van der Waals surface area contributed by atoms with Gasteiger partial charge in [-0.1, -0.05) is 19.3 Å². The van der Waals surface area contributed by atoms with Crippen molar-refractivity contribution in [2.45, 2.75) is 57.0 Å². The summed E-state index contributed by atoms with van der Waals surface area (Å²) in [6.07, 6.45) is 8.73. The minimum absolute atomic E-state index is 0.311. The number of nitrogens with two attached hydrogens (primary N) is 1. The van der Waals surface area contributed by atoms with Crippen LogP contribution >= 0.6 is 0 Å². The van der Waals surface area contributed by atoms with Gasteiger partial charge in [0.1, 0.15) is 0 Å². The largest absolute Gasteiger partial charge is 0.342 e. The number of carbonyl (C=O) groups excluding carboxylic acids is 1. The van der Waals surface area contributed by atoms with Gasteiger partial charge in [0, 0.05) is 32.2 Å². The van der Waals surface area contributed by atoms with Crippen LogP contribution in [0, 0.1) is 11.8 Å². The molecule has 2 saturated carbocycles. The Morgan fingerprint density at radius 2 is 1.90 bits per heavy atom. The van der Waals surface area contributed by atoms with E-state index in [1.54, 1.807) is 0 Å². The number of rotatable bonds is 3. The zero-order valence-corrected chi connectivity index (χ0v) is 12.8. The molecule has 3 atom stereocenters. The van der Waals surface area contributed by atoms with E-state index in [0.29, 0.717) is 30.5 Å². The van der Waals surface area contributed by atoms with E-state index in [4.69, 9.17) is 5.73 Å². The summed E-state index contributed by atoms with van der Waals surface area (Å²) in [5.74, 6) is 1.70. The molecule has 4 nitrogen and oxygen atoms in total. The fourth-order valence-electron chi connectivity index (χ4n) is 4.50. The van der Waals surface area contributed by atoms with Crippen molar-refractivity contribution in [3.8, 4) is 0 Å². The normalized spacial score (nSPS) is 35.2. The van der Waals surface area contributed by atoms with Crippen molar-refractivity contribution in [2.24, 2.45) is 17.6 Å². The summed E-state index contributed by atoms with van der Waals surface area (Å²) in [7, 11) is 2.00. The third kappa shape index (κ3) is 2.86. The Hall–Kier alpha value is -0.610. The number of hydrogen-bond donors (Lipinski definition) is 1. The molecule has 4 heteroatoms. The molecule has 3 unspecified atom stereocenters. The van der Waals surface area contributed by atoms with Gasteiger partial charge in [-0.3, -0.25) is 9.69 Å². The molecule has 20 heavy (non-hydrogen) atoms. The molecule has 1 aliphatic heterocycles. The van der Waals surface area contributed by atoms with Crippen LogP contribution < -0.4 is 5.73 Å². The average molecular weight is 279 g/mol. The van der Waals surface area contributed by atoms with Crippen molar-refractivity contribution < 1.29 is 4.79 Å². The van der Waals surface area contributed by atoms with E-state index in [1.807, 2.05) is 11.9 Å². The van der Waals surface area contributed by atoms with Gasteiger partial charge in [-0.25, -0.2) is 0 Å². The van der Waals surface area contributed by atoms with Crippen LogP contribution in [-0.2, 0) is 4.79 Å². The standard InChI is InChI=1S/C16H29N3O/c1-18(13-5-3-2-4-6-13)16(20)11-19-9-12-7-8-15(17)14(12)10-19/h12-15H,2-11,17H2,1H3. The lowest BCUT2D eigenvalue weighted by molar-refractivity contribution is -0.133. The Bertz CT molecular complexity index is 354. The Morgan fingerprint density at radius 3 is 2.60 bits per heavy atom. The maximum atomic E-state index is 12.5. The predicted molar refractivity (Wildman–Crippen MR) is 80.3 cm³/mol. The van der Waals surface area contributed by atoms with Gasteiger partial charge in [-0.05, 0) is 37.5 Å². The third-order valence-electron chi connectivity index (χ3n) is 5.86. The van der Waals surface area contributed by atoms with Crippen LogP contribution in [0.1, 0.15) is 44.9 Å². The van der Waals surface area contributed by atoms with Crippen molar-refractivity contribution in [1.82, 2.24) is 9.80 Å². The second-order valence-corrected chi connectivity index (χ2v) is 7.16. The Morgan fingerprint density at radius 1 is 1.15 bits per heavy atom. The van der Waals surface area contributed by atoms with Crippen molar-refractivity contribution in [2.75, 3.05) is 26.7 Å². The number of likely N-dealkylation sites (N-methyl/N-ethyl adjacent to an activating group) is 1. The fraction of sp³-hybridized carbons (Fsp3) is 0.938. The van der Waals surface area contributed by atoms with Gasteiger partial charge in [0.2, 0.25) is 5.91 Å². The third-order valence-corrected chi connectivity index (χ3v) is 5.86. The lowest BCUT2D eigenvalue weighted by Gasteiger charge is -2.32. The lowest BCUT2D eigenvalue weighted by atomic mass is 9.94. The fourth-order valence-corrected chi connectivity index (χ4v) is 4.50. The van der Waals surface area contributed by atoms with Crippen molar-refractivity contribution in [1.29, 1.82) is 0 Å². The predicted octanol–water partition coefficient (Wildman–Crippen LogP) is 1.45. The highest BCUT2D eigenvalue weighted by atomic mass is 16.2. The molecule has 0 aromatic carbocycles. The molecule has 1 heterocycles. The minimum atomic E-state index is 0.311. The van der Waals surface area contributed by atoms with Crippen LogP contribution in [0.25, 0.3) is 0 Å². The number of nitrogens with zero attached hydrogens (tertiary/aromatic N) is 2. The van der Waals surface area contributed by atoms with E-state index >= 15 is 0 Å². The maximum absolute atomic E-state index is 12.5. The van der Waals surface area contributed by atoms with E-state index in [0.717, 1.165) is 19.0 Å². The Kier molecular flexibility index (Phi) is 4.32. The molecule has 3 aliphatic rings. The summed E-state index contributed by atoms with van der Waals surface area (Å²) < 4.78 is 0. The van der Waals surface area contributed by atoms with Crippen LogP contribution in [0.15, 0.2) is 0 Å². The molecule has 1 amide bonds. The molecule has 0 radical (unpaired) electrons. The van der Waals surface area contributed by atoms with Crippen LogP contribution in [-0.4, -0.2) is 54.5 Å². The van der Waals surface area contributed by atoms with E-state index in [2.05, 4.69) is 4.90 Å². The summed E-state index contributed by atoms with van der Waals surface area (Å²) in [5, 5.41) is 0. The highest BCUT2D eigenvalue weighted by molar-refractivity contribution is 5.78. The first-order valence-electron chi connectivity index (χ1n) is 8.38. The van der Waals surface area contributed by atoms with Gasteiger partial charge < -0.3 is 10.6 Å². The van der Waals surface area contributed by atoms with Gasteiger partial charge in [0.25, 0.3) is 0 Å². The Labute approximate surface area is 122 Å². The topological polar surface area (TPSA) is 49.6 Å². The minimum Gasteiger partial charge on any atom is -0.342 e. The maximum Gasteiger partial charge on any atom is 0.236 e. The average Bonchev–Trinajstić information content (AvgIpc) is 3.01. The SMILES string of the molecule is CN(C(=O)CN1CC2CCC(N)C2C1)C1CCCCC1. The zero-order chi connectivity index (χ0) is 14.1. The first kappa shape index (κ1) is 14.3. The summed E-state index contributed by atoms with van der Waals surface area (Å²) >= 11 is 0. The van der Waals surface area contributed by atoms with Gasteiger partial charge >= 0.3 is 0 Å². The molecule has 2 N–H and O–H groups in total. The Balaban J connectivity index is 1.49. The molecule has 114 valence electrons. The molecular weight excluding hydrogens is 250 g/mol. The van der Waals surface area contributed by atoms with E-state index in [1.165, 1.54) is 44.9 Å². The summed E-state index contributed by atoms with van der Waals surface area (Å²) in [6, 6.07) is 0.858. The van der Waals surface area contributed by atoms with Crippen molar-refractivity contribution in [3.63, 3.8) is 0 Å². The van der Waals surface area contributed by atoms with E-state index < -0.39 is 0 Å². The van der Waals surface area contributed by atoms with Crippen LogP contribution in [0.2, 0.25) is 0 Å².